The number of benzene rings is 10. The molecule has 0 spiro atoms. The number of fused-ring (bicyclic) bond motifs is 7. The van der Waals surface area contributed by atoms with E-state index in [1.54, 1.807) is 0 Å². The minimum Gasteiger partial charge on any atom is -0.309 e. The van der Waals surface area contributed by atoms with Crippen LogP contribution >= 0.6 is 11.3 Å². The summed E-state index contributed by atoms with van der Waals surface area (Å²) in [6, 6.07) is 91.1. The molecule has 0 saturated heterocycles. The van der Waals surface area contributed by atoms with E-state index < -0.39 is 0 Å². The fourth-order valence-electron chi connectivity index (χ4n) is 10.0. The van der Waals surface area contributed by atoms with Crippen LogP contribution in [-0.2, 0) is 0 Å². The van der Waals surface area contributed by atoms with Gasteiger partial charge in [0, 0.05) is 75.8 Å². The average Bonchev–Trinajstić information content (AvgIpc) is 3.98. The second-order valence-electron chi connectivity index (χ2n) is 17.3. The van der Waals surface area contributed by atoms with Gasteiger partial charge in [0.05, 0.1) is 28.1 Å². The number of hydrogen-bond donors (Lipinski definition) is 0. The largest absolute Gasteiger partial charge is 0.309 e. The van der Waals surface area contributed by atoms with Crippen molar-refractivity contribution in [3.63, 3.8) is 0 Å². The maximum absolute atomic E-state index is 5.35. The Morgan fingerprint density at radius 1 is 0.362 bits per heavy atom. The van der Waals surface area contributed by atoms with E-state index in [0.717, 1.165) is 73.1 Å². The van der Waals surface area contributed by atoms with Crippen molar-refractivity contribution >= 4 is 70.4 Å². The van der Waals surface area contributed by atoms with E-state index >= 15 is 0 Å². The van der Waals surface area contributed by atoms with Crippen LogP contribution in [0.5, 0.6) is 0 Å². The predicted molar refractivity (Wildman–Crippen MR) is 291 cm³/mol. The van der Waals surface area contributed by atoms with Crippen LogP contribution in [0.15, 0.2) is 255 Å². The summed E-state index contributed by atoms with van der Waals surface area (Å²) in [5.74, 6) is 0.683. The summed E-state index contributed by atoms with van der Waals surface area (Å²) in [6.07, 6.45) is 0. The third-order valence-corrected chi connectivity index (χ3v) is 14.4. The number of hydrogen-bond acceptors (Lipinski definition) is 4. The molecule has 69 heavy (non-hydrogen) atoms. The Bertz CT molecular complexity index is 3860. The molecule has 0 radical (unpaired) electrons. The summed E-state index contributed by atoms with van der Waals surface area (Å²) in [4.78, 5) is 13.0. The van der Waals surface area contributed by atoms with E-state index in [0.29, 0.717) is 5.82 Å². The van der Waals surface area contributed by atoms with Gasteiger partial charge >= 0.3 is 0 Å². The van der Waals surface area contributed by atoms with Gasteiger partial charge in [0.1, 0.15) is 0 Å². The first kappa shape index (κ1) is 40.4. The molecule has 0 aliphatic rings. The number of rotatable bonds is 9. The predicted octanol–water partition coefficient (Wildman–Crippen LogP) is 17.7. The molecule has 0 fully saturated rings. The van der Waals surface area contributed by atoms with Crippen molar-refractivity contribution < 1.29 is 0 Å². The molecule has 0 N–H and O–H groups in total. The normalized spacial score (nSPS) is 11.5. The van der Waals surface area contributed by atoms with Gasteiger partial charge in [-0.15, -0.1) is 11.3 Å². The lowest BCUT2D eigenvalue weighted by atomic mass is 9.90. The molecule has 13 rings (SSSR count). The number of thiophene rings is 1. The maximum atomic E-state index is 5.35. The van der Waals surface area contributed by atoms with E-state index in [1.165, 1.54) is 42.0 Å². The number of aromatic nitrogens is 3. The fourth-order valence-corrected chi connectivity index (χ4v) is 11.3. The Morgan fingerprint density at radius 3 is 1.52 bits per heavy atom. The van der Waals surface area contributed by atoms with Gasteiger partial charge in [0.15, 0.2) is 5.82 Å². The zero-order valence-electron chi connectivity index (χ0n) is 37.4. The van der Waals surface area contributed by atoms with Gasteiger partial charge in [-0.3, -0.25) is 0 Å². The summed E-state index contributed by atoms with van der Waals surface area (Å²) < 4.78 is 4.93. The van der Waals surface area contributed by atoms with Crippen LogP contribution in [0.4, 0.5) is 17.1 Å². The van der Waals surface area contributed by atoms with E-state index in [1.807, 2.05) is 35.6 Å². The third kappa shape index (κ3) is 7.16. The Kier molecular flexibility index (Phi) is 9.99. The van der Waals surface area contributed by atoms with Gasteiger partial charge in [-0.05, 0) is 77.9 Å². The molecule has 0 aliphatic heterocycles. The molecule has 0 unspecified atom stereocenters. The molecule has 3 heterocycles. The first-order valence-electron chi connectivity index (χ1n) is 23.3. The van der Waals surface area contributed by atoms with Crippen LogP contribution in [0.25, 0.3) is 104 Å². The lowest BCUT2D eigenvalue weighted by Gasteiger charge is -2.31. The molecule has 13 aromatic rings. The maximum Gasteiger partial charge on any atom is 0.160 e. The lowest BCUT2D eigenvalue weighted by Crippen LogP contribution is -2.13. The summed E-state index contributed by atoms with van der Waals surface area (Å²) in [5.41, 5.74) is 15.9. The van der Waals surface area contributed by atoms with Crippen LogP contribution in [-0.4, -0.2) is 14.5 Å². The van der Waals surface area contributed by atoms with Crippen molar-refractivity contribution in [1.82, 2.24) is 14.5 Å². The Hall–Kier alpha value is -8.90. The van der Waals surface area contributed by atoms with Gasteiger partial charge in [-0.2, -0.15) is 0 Å². The minimum absolute atomic E-state index is 0.683. The molecule has 0 bridgehead atoms. The number of para-hydroxylation sites is 3. The SMILES string of the molecule is c1ccc(-c2cc(-c3cc(-c4ccccc4)c(N(c4ccccc4)c4ccc5c(c4)sc4c5ccc5c4c4ccccc4n5-c4ccccc4)c(-c4ccccc4)c3)nc(-c3ccccc3)n2)cc1. The Morgan fingerprint density at radius 2 is 0.884 bits per heavy atom. The van der Waals surface area contributed by atoms with Gasteiger partial charge < -0.3 is 9.47 Å². The molecule has 0 amide bonds. The monoisotopic (exact) mass is 898 g/mol. The summed E-state index contributed by atoms with van der Waals surface area (Å²) in [6.45, 7) is 0. The van der Waals surface area contributed by atoms with Crippen LogP contribution in [0.2, 0.25) is 0 Å². The first-order valence-corrected chi connectivity index (χ1v) is 24.1. The number of nitrogens with zero attached hydrogens (tertiary/aromatic N) is 4. The van der Waals surface area contributed by atoms with Crippen LogP contribution in [0.3, 0.4) is 0 Å². The highest BCUT2D eigenvalue weighted by Crippen LogP contribution is 2.51. The molecule has 4 nitrogen and oxygen atoms in total. The molecule has 10 aromatic carbocycles. The molecule has 0 aliphatic carbocycles. The molecular weight excluding hydrogens is 857 g/mol. The van der Waals surface area contributed by atoms with E-state index in [-0.39, 0.29) is 0 Å². The highest BCUT2D eigenvalue weighted by molar-refractivity contribution is 7.26. The van der Waals surface area contributed by atoms with Crippen molar-refractivity contribution in [2.45, 2.75) is 0 Å². The molecule has 0 saturated carbocycles. The second kappa shape index (κ2) is 17.1. The van der Waals surface area contributed by atoms with E-state index in [2.05, 4.69) is 240 Å². The van der Waals surface area contributed by atoms with Gasteiger partial charge in [0.25, 0.3) is 0 Å². The third-order valence-electron chi connectivity index (χ3n) is 13.2. The van der Waals surface area contributed by atoms with Gasteiger partial charge in [-0.25, -0.2) is 9.97 Å². The topological polar surface area (TPSA) is 34.0 Å². The Labute approximate surface area is 404 Å². The Balaban J connectivity index is 1.07. The van der Waals surface area contributed by atoms with Crippen LogP contribution < -0.4 is 4.90 Å². The summed E-state index contributed by atoms with van der Waals surface area (Å²) in [5, 5.41) is 5.07. The van der Waals surface area contributed by atoms with Crippen molar-refractivity contribution in [3.05, 3.63) is 255 Å². The molecule has 324 valence electrons. The quantitative estimate of drug-likeness (QED) is 0.145. The standard InChI is InChI=1S/C64H42N4S/c1-7-21-43(22-8-1)54-39-47(57-42-56(45-25-11-3-12-26-45)65-64(66-57)46-27-13-4-14-28-46)40-55(44-23-9-2-10-24-44)62(54)67(48-29-15-5-16-30-48)50-35-36-51-52-37-38-59-61(63(52)69-60(51)41-50)53-33-19-20-34-58(53)68(59)49-31-17-6-18-32-49/h1-42H. The van der Waals surface area contributed by atoms with E-state index in [4.69, 9.17) is 9.97 Å². The molecule has 0 atom stereocenters. The molecule has 3 aromatic heterocycles. The van der Waals surface area contributed by atoms with Crippen LogP contribution in [0.1, 0.15) is 0 Å². The number of anilines is 3. The second-order valence-corrected chi connectivity index (χ2v) is 18.4. The van der Waals surface area contributed by atoms with Gasteiger partial charge in [-0.1, -0.05) is 188 Å². The highest BCUT2D eigenvalue weighted by atomic mass is 32.1. The molecule has 5 heteroatoms. The highest BCUT2D eigenvalue weighted by Gasteiger charge is 2.26. The summed E-state index contributed by atoms with van der Waals surface area (Å²) >= 11 is 1.88. The smallest absolute Gasteiger partial charge is 0.160 e. The van der Waals surface area contributed by atoms with Crippen molar-refractivity contribution in [2.75, 3.05) is 4.90 Å². The lowest BCUT2D eigenvalue weighted by molar-refractivity contribution is 1.18. The summed E-state index contributed by atoms with van der Waals surface area (Å²) in [7, 11) is 0. The molecular formula is C64H42N4S. The van der Waals surface area contributed by atoms with Crippen molar-refractivity contribution in [1.29, 1.82) is 0 Å². The van der Waals surface area contributed by atoms with Gasteiger partial charge in [0.2, 0.25) is 0 Å². The fraction of sp³-hybridized carbons (Fsp3) is 0. The minimum atomic E-state index is 0.683. The average molecular weight is 899 g/mol. The zero-order valence-corrected chi connectivity index (χ0v) is 38.3. The van der Waals surface area contributed by atoms with E-state index in [9.17, 15) is 0 Å². The zero-order chi connectivity index (χ0) is 45.7. The first-order chi connectivity index (χ1) is 34.2. The van der Waals surface area contributed by atoms with Crippen molar-refractivity contribution in [2.24, 2.45) is 0 Å². The van der Waals surface area contributed by atoms with Crippen molar-refractivity contribution in [3.8, 4) is 61.8 Å². The van der Waals surface area contributed by atoms with Crippen LogP contribution in [0, 0.1) is 0 Å².